The predicted octanol–water partition coefficient (Wildman–Crippen LogP) is 1.35. The van der Waals surface area contributed by atoms with E-state index in [1.807, 2.05) is 12.1 Å². The summed E-state index contributed by atoms with van der Waals surface area (Å²) in [6.45, 7) is 3.89. The van der Waals surface area contributed by atoms with Crippen molar-refractivity contribution in [2.75, 3.05) is 20.2 Å². The van der Waals surface area contributed by atoms with Crippen molar-refractivity contribution < 1.29 is 19.1 Å². The third-order valence-electron chi connectivity index (χ3n) is 3.16. The highest BCUT2D eigenvalue weighted by atomic mass is 16.5. The molecule has 0 radical (unpaired) electrons. The Kier molecular flexibility index (Phi) is 7.25. The monoisotopic (exact) mass is 306 g/mol. The summed E-state index contributed by atoms with van der Waals surface area (Å²) >= 11 is 0. The molecule has 0 atom stereocenters. The molecule has 6 heteroatoms. The standard InChI is InChI=1S/C16H22N2O4/c1-12(19)9-11-18(13(2)20)17-10-8-14-4-6-15(7-5-14)16(21)22-3/h4-7,17H,8-11H2,1-3H3. The summed E-state index contributed by atoms with van der Waals surface area (Å²) in [5, 5.41) is 1.45. The molecule has 0 aromatic heterocycles. The molecule has 0 heterocycles. The number of ether oxygens (including phenoxy) is 1. The fourth-order valence-electron chi connectivity index (χ4n) is 1.88. The number of benzene rings is 1. The molecule has 120 valence electrons. The van der Waals surface area contributed by atoms with Gasteiger partial charge in [0.05, 0.1) is 12.7 Å². The first-order valence-electron chi connectivity index (χ1n) is 7.12. The van der Waals surface area contributed by atoms with Crippen molar-refractivity contribution in [3.05, 3.63) is 35.4 Å². The third kappa shape index (κ3) is 6.05. The van der Waals surface area contributed by atoms with Gasteiger partial charge < -0.3 is 4.74 Å². The van der Waals surface area contributed by atoms with Gasteiger partial charge in [-0.3, -0.25) is 14.6 Å². The lowest BCUT2D eigenvalue weighted by Crippen LogP contribution is -2.43. The van der Waals surface area contributed by atoms with Crippen molar-refractivity contribution in [1.29, 1.82) is 0 Å². The molecule has 6 nitrogen and oxygen atoms in total. The van der Waals surface area contributed by atoms with Crippen molar-refractivity contribution >= 4 is 17.7 Å². The maximum atomic E-state index is 11.5. The Labute approximate surface area is 130 Å². The van der Waals surface area contributed by atoms with Crippen LogP contribution in [0.1, 0.15) is 36.2 Å². The summed E-state index contributed by atoms with van der Waals surface area (Å²) in [5.41, 5.74) is 4.55. The van der Waals surface area contributed by atoms with E-state index in [0.717, 1.165) is 5.56 Å². The van der Waals surface area contributed by atoms with Crippen LogP contribution in [0.4, 0.5) is 0 Å². The molecule has 0 bridgehead atoms. The van der Waals surface area contributed by atoms with Gasteiger partial charge in [0.25, 0.3) is 0 Å². The number of nitrogens with zero attached hydrogens (tertiary/aromatic N) is 1. The highest BCUT2D eigenvalue weighted by Crippen LogP contribution is 2.06. The normalized spacial score (nSPS) is 10.1. The van der Waals surface area contributed by atoms with Gasteiger partial charge in [-0.05, 0) is 31.0 Å². The quantitative estimate of drug-likeness (QED) is 0.579. The molecule has 0 spiro atoms. The number of hydrogen-bond acceptors (Lipinski definition) is 5. The second-order valence-electron chi connectivity index (χ2n) is 4.97. The summed E-state index contributed by atoms with van der Waals surface area (Å²) in [6, 6.07) is 7.11. The Bertz CT molecular complexity index is 525. The van der Waals surface area contributed by atoms with Crippen LogP contribution >= 0.6 is 0 Å². The molecule has 1 rings (SSSR count). The fraction of sp³-hybridized carbons (Fsp3) is 0.438. The smallest absolute Gasteiger partial charge is 0.337 e. The zero-order chi connectivity index (χ0) is 16.5. The van der Waals surface area contributed by atoms with Crippen LogP contribution in [0.3, 0.4) is 0 Å². The number of esters is 1. The van der Waals surface area contributed by atoms with Crippen molar-refractivity contribution in [2.24, 2.45) is 0 Å². The lowest BCUT2D eigenvalue weighted by molar-refractivity contribution is -0.132. The Morgan fingerprint density at radius 1 is 1.14 bits per heavy atom. The summed E-state index contributed by atoms with van der Waals surface area (Å²) in [4.78, 5) is 33.8. The molecule has 0 aliphatic rings. The molecule has 1 aromatic rings. The molecule has 0 aliphatic carbocycles. The topological polar surface area (TPSA) is 75.7 Å². The van der Waals surface area contributed by atoms with E-state index in [-0.39, 0.29) is 17.7 Å². The lowest BCUT2D eigenvalue weighted by atomic mass is 10.1. The number of amides is 1. The Morgan fingerprint density at radius 3 is 2.27 bits per heavy atom. The molecule has 0 saturated heterocycles. The van der Waals surface area contributed by atoms with Gasteiger partial charge in [0.2, 0.25) is 5.91 Å². The average molecular weight is 306 g/mol. The van der Waals surface area contributed by atoms with Crippen LogP contribution in [0.25, 0.3) is 0 Å². The minimum absolute atomic E-state index is 0.0476. The number of ketones is 1. The van der Waals surface area contributed by atoms with Crippen molar-refractivity contribution in [2.45, 2.75) is 26.7 Å². The third-order valence-corrected chi connectivity index (χ3v) is 3.16. The SMILES string of the molecule is COC(=O)c1ccc(CCNN(CCC(C)=O)C(C)=O)cc1. The van der Waals surface area contributed by atoms with Crippen LogP contribution in [-0.4, -0.2) is 42.9 Å². The van der Waals surface area contributed by atoms with E-state index in [9.17, 15) is 14.4 Å². The molecule has 0 aliphatic heterocycles. The van der Waals surface area contributed by atoms with Gasteiger partial charge in [-0.1, -0.05) is 12.1 Å². The zero-order valence-corrected chi connectivity index (χ0v) is 13.2. The Hall–Kier alpha value is -2.21. The maximum Gasteiger partial charge on any atom is 0.337 e. The molecule has 0 unspecified atom stereocenters. The van der Waals surface area contributed by atoms with E-state index in [1.54, 1.807) is 12.1 Å². The second-order valence-corrected chi connectivity index (χ2v) is 4.97. The maximum absolute atomic E-state index is 11.5. The van der Waals surface area contributed by atoms with Crippen LogP contribution in [0.2, 0.25) is 0 Å². The number of carbonyl (C=O) groups excluding carboxylic acids is 3. The van der Waals surface area contributed by atoms with Gasteiger partial charge in [-0.25, -0.2) is 10.2 Å². The van der Waals surface area contributed by atoms with E-state index in [1.165, 1.54) is 26.0 Å². The number of carbonyl (C=O) groups is 3. The summed E-state index contributed by atoms with van der Waals surface area (Å²) < 4.78 is 4.64. The number of hydrogen-bond donors (Lipinski definition) is 1. The van der Waals surface area contributed by atoms with Gasteiger partial charge in [0.15, 0.2) is 0 Å². The van der Waals surface area contributed by atoms with Crippen LogP contribution in [-0.2, 0) is 20.7 Å². The summed E-state index contributed by atoms with van der Waals surface area (Å²) in [6.07, 6.45) is 1.03. The van der Waals surface area contributed by atoms with E-state index in [0.29, 0.717) is 31.5 Å². The first-order chi connectivity index (χ1) is 10.4. The summed E-state index contributed by atoms with van der Waals surface area (Å²) in [5.74, 6) is -0.439. The van der Waals surface area contributed by atoms with Crippen LogP contribution < -0.4 is 5.43 Å². The minimum atomic E-state index is -0.364. The van der Waals surface area contributed by atoms with Gasteiger partial charge in [-0.15, -0.1) is 0 Å². The first-order valence-corrected chi connectivity index (χ1v) is 7.12. The fourth-order valence-corrected chi connectivity index (χ4v) is 1.88. The highest BCUT2D eigenvalue weighted by molar-refractivity contribution is 5.89. The second kappa shape index (κ2) is 8.94. The average Bonchev–Trinajstić information content (AvgIpc) is 2.49. The number of hydrazine groups is 1. The Balaban J connectivity index is 2.46. The van der Waals surface area contributed by atoms with Gasteiger partial charge in [-0.2, -0.15) is 0 Å². The number of Topliss-reactive ketones (excluding diaryl/α,β-unsaturated/α-hetero) is 1. The molecule has 0 saturated carbocycles. The van der Waals surface area contributed by atoms with Crippen molar-refractivity contribution in [3.63, 3.8) is 0 Å². The van der Waals surface area contributed by atoms with E-state index in [2.05, 4.69) is 10.2 Å². The van der Waals surface area contributed by atoms with Gasteiger partial charge in [0, 0.05) is 26.4 Å². The molecular weight excluding hydrogens is 284 g/mol. The predicted molar refractivity (Wildman–Crippen MR) is 82.2 cm³/mol. The van der Waals surface area contributed by atoms with Crippen LogP contribution in [0, 0.1) is 0 Å². The van der Waals surface area contributed by atoms with E-state index < -0.39 is 0 Å². The Morgan fingerprint density at radius 2 is 1.77 bits per heavy atom. The molecule has 22 heavy (non-hydrogen) atoms. The largest absolute Gasteiger partial charge is 0.465 e. The molecule has 0 fully saturated rings. The molecule has 1 N–H and O–H groups in total. The molecule has 1 amide bonds. The number of rotatable bonds is 8. The van der Waals surface area contributed by atoms with Crippen molar-refractivity contribution in [3.8, 4) is 0 Å². The minimum Gasteiger partial charge on any atom is -0.465 e. The lowest BCUT2D eigenvalue weighted by Gasteiger charge is -2.21. The highest BCUT2D eigenvalue weighted by Gasteiger charge is 2.09. The molecule has 1 aromatic carbocycles. The summed E-state index contributed by atoms with van der Waals surface area (Å²) in [7, 11) is 1.34. The van der Waals surface area contributed by atoms with Crippen molar-refractivity contribution in [1.82, 2.24) is 10.4 Å². The van der Waals surface area contributed by atoms with Crippen LogP contribution in [0.15, 0.2) is 24.3 Å². The number of methoxy groups -OCH3 is 1. The first kappa shape index (κ1) is 17.8. The van der Waals surface area contributed by atoms with E-state index >= 15 is 0 Å². The van der Waals surface area contributed by atoms with Crippen LogP contribution in [0.5, 0.6) is 0 Å². The molecular formula is C16H22N2O4. The van der Waals surface area contributed by atoms with Gasteiger partial charge in [0.1, 0.15) is 5.78 Å². The number of nitrogens with one attached hydrogen (secondary N) is 1. The van der Waals surface area contributed by atoms with E-state index in [4.69, 9.17) is 0 Å². The zero-order valence-electron chi connectivity index (χ0n) is 13.2. The van der Waals surface area contributed by atoms with Gasteiger partial charge >= 0.3 is 5.97 Å².